The molecule has 0 bridgehead atoms. The summed E-state index contributed by atoms with van der Waals surface area (Å²) in [5, 5.41) is 6.57. The van der Waals surface area contributed by atoms with Gasteiger partial charge in [0.15, 0.2) is 0 Å². The van der Waals surface area contributed by atoms with Crippen molar-refractivity contribution >= 4 is 29.1 Å². The first-order valence-corrected chi connectivity index (χ1v) is 11.9. The maximum absolute atomic E-state index is 13.2. The van der Waals surface area contributed by atoms with Gasteiger partial charge in [0.25, 0.3) is 0 Å². The van der Waals surface area contributed by atoms with Crippen molar-refractivity contribution in [2.45, 2.75) is 32.7 Å². The van der Waals surface area contributed by atoms with Gasteiger partial charge in [-0.3, -0.25) is 9.88 Å². The Labute approximate surface area is 204 Å². The normalized spacial score (nSPS) is 18.4. The van der Waals surface area contributed by atoms with Crippen LogP contribution in [0.3, 0.4) is 0 Å². The van der Waals surface area contributed by atoms with Crippen LogP contribution in [0.25, 0.3) is 5.70 Å². The number of pyridine rings is 1. The van der Waals surface area contributed by atoms with E-state index in [0.29, 0.717) is 5.96 Å². The second-order valence-electron chi connectivity index (χ2n) is 8.74. The van der Waals surface area contributed by atoms with Crippen LogP contribution < -0.4 is 5.01 Å². The van der Waals surface area contributed by atoms with Crippen LogP contribution in [0.5, 0.6) is 0 Å². The van der Waals surface area contributed by atoms with Crippen molar-refractivity contribution in [3.63, 3.8) is 0 Å². The predicted molar refractivity (Wildman–Crippen MR) is 136 cm³/mol. The lowest BCUT2D eigenvalue weighted by molar-refractivity contribution is -0.135. The second-order valence-corrected chi connectivity index (χ2v) is 8.74. The Kier molecular flexibility index (Phi) is 5.17. The van der Waals surface area contributed by atoms with Crippen molar-refractivity contribution in [2.24, 2.45) is 10.1 Å². The zero-order chi connectivity index (χ0) is 23.9. The van der Waals surface area contributed by atoms with E-state index in [2.05, 4.69) is 29.2 Å². The second kappa shape index (κ2) is 8.51. The molecule has 2 aromatic carbocycles. The summed E-state index contributed by atoms with van der Waals surface area (Å²) in [4.78, 5) is 24.7. The number of anilines is 1. The molecule has 3 aromatic rings. The number of rotatable bonds is 4. The van der Waals surface area contributed by atoms with Crippen LogP contribution in [0.4, 0.5) is 5.69 Å². The molecule has 0 fully saturated rings. The van der Waals surface area contributed by atoms with E-state index >= 15 is 0 Å². The predicted octanol–water partition coefficient (Wildman–Crippen LogP) is 4.86. The molecule has 3 heterocycles. The fourth-order valence-electron chi connectivity index (χ4n) is 5.09. The number of aromatic nitrogens is 1. The highest BCUT2D eigenvalue weighted by Gasteiger charge is 2.47. The first kappa shape index (κ1) is 21.3. The lowest BCUT2D eigenvalue weighted by Crippen LogP contribution is -2.46. The Morgan fingerprint density at radius 2 is 1.89 bits per heavy atom. The fraction of sp³-hybridized carbons (Fsp3) is 0.214. The van der Waals surface area contributed by atoms with E-state index in [4.69, 9.17) is 14.8 Å². The number of para-hydroxylation sites is 1. The minimum absolute atomic E-state index is 0.230. The third-order valence-corrected chi connectivity index (χ3v) is 6.67. The van der Waals surface area contributed by atoms with E-state index in [0.717, 1.165) is 46.5 Å². The van der Waals surface area contributed by atoms with Crippen molar-refractivity contribution in [3.8, 4) is 0 Å². The molecule has 7 heteroatoms. The zero-order valence-corrected chi connectivity index (χ0v) is 19.7. The van der Waals surface area contributed by atoms with Crippen LogP contribution in [0.2, 0.25) is 0 Å². The summed E-state index contributed by atoms with van der Waals surface area (Å²) < 4.78 is 5.44. The maximum Gasteiger partial charge on any atom is 0.376 e. The monoisotopic (exact) mass is 463 g/mol. The minimum Gasteiger partial charge on any atom is -0.460 e. The van der Waals surface area contributed by atoms with Crippen molar-refractivity contribution < 1.29 is 9.53 Å². The number of amidine groups is 1. The van der Waals surface area contributed by atoms with E-state index in [9.17, 15) is 4.79 Å². The highest BCUT2D eigenvalue weighted by Crippen LogP contribution is 2.46. The van der Waals surface area contributed by atoms with Gasteiger partial charge in [-0.1, -0.05) is 48.5 Å². The number of fused-ring (bicyclic) bond motifs is 3. The Morgan fingerprint density at radius 3 is 2.69 bits per heavy atom. The molecule has 35 heavy (non-hydrogen) atoms. The minimum atomic E-state index is -0.467. The number of hydrogen-bond acceptors (Lipinski definition) is 7. The van der Waals surface area contributed by atoms with Gasteiger partial charge in [-0.2, -0.15) is 5.01 Å². The molecule has 174 valence electrons. The van der Waals surface area contributed by atoms with Crippen LogP contribution in [0.1, 0.15) is 41.6 Å². The molecule has 0 unspecified atom stereocenters. The third kappa shape index (κ3) is 3.43. The SMILES string of the molecule is CCOC(=O)C1=NN(c2ccccc2C)C2=NC3=C(CCc4ccccc43)[C@H](c3cccnc3)N12. The van der Waals surface area contributed by atoms with Crippen molar-refractivity contribution in [1.29, 1.82) is 0 Å². The third-order valence-electron chi connectivity index (χ3n) is 6.67. The van der Waals surface area contributed by atoms with Gasteiger partial charge < -0.3 is 4.74 Å². The topological polar surface area (TPSA) is 70.4 Å². The summed E-state index contributed by atoms with van der Waals surface area (Å²) in [5.74, 6) is 0.352. The van der Waals surface area contributed by atoms with Gasteiger partial charge in [-0.05, 0) is 61.1 Å². The Morgan fingerprint density at radius 1 is 1.06 bits per heavy atom. The molecule has 0 amide bonds. The van der Waals surface area contributed by atoms with E-state index in [-0.39, 0.29) is 18.5 Å². The average molecular weight is 464 g/mol. The molecule has 0 saturated heterocycles. The molecule has 7 nitrogen and oxygen atoms in total. The molecule has 1 aromatic heterocycles. The standard InChI is InChI=1S/C28H25N5O2/c1-3-35-27(34)26-31-33(23-13-7-4-9-18(23)2)28-30-24-21-12-6-5-10-19(21)14-15-22(24)25(32(26)28)20-11-8-16-29-17-20/h4-13,16-17,25H,3,14-15H2,1-2H3/t25-/m0/s1. The largest absolute Gasteiger partial charge is 0.460 e. The number of hydrazone groups is 1. The van der Waals surface area contributed by atoms with Gasteiger partial charge in [-0.25, -0.2) is 9.79 Å². The Hall–Kier alpha value is -4.26. The Balaban J connectivity index is 1.60. The van der Waals surface area contributed by atoms with Gasteiger partial charge in [0, 0.05) is 18.0 Å². The molecule has 0 radical (unpaired) electrons. The van der Waals surface area contributed by atoms with Crippen molar-refractivity contribution in [2.75, 3.05) is 11.6 Å². The number of aliphatic imine (C=N–C) groups is 1. The van der Waals surface area contributed by atoms with Crippen LogP contribution in [0.15, 0.2) is 88.7 Å². The number of carbonyl (C=O) groups is 1. The van der Waals surface area contributed by atoms with Gasteiger partial charge in [0.2, 0.25) is 11.8 Å². The highest BCUT2D eigenvalue weighted by atomic mass is 16.5. The summed E-state index contributed by atoms with van der Waals surface area (Å²) in [6.45, 7) is 4.09. The maximum atomic E-state index is 13.2. The molecule has 6 rings (SSSR count). The highest BCUT2D eigenvalue weighted by molar-refractivity contribution is 6.41. The lowest BCUT2D eigenvalue weighted by atomic mass is 9.82. The molecule has 3 aliphatic rings. The zero-order valence-electron chi connectivity index (χ0n) is 19.7. The van der Waals surface area contributed by atoms with Crippen LogP contribution in [-0.2, 0) is 16.0 Å². The summed E-state index contributed by atoms with van der Waals surface area (Å²) in [7, 11) is 0. The molecule has 1 atom stereocenters. The first-order valence-electron chi connectivity index (χ1n) is 11.9. The number of aryl methyl sites for hydroxylation is 2. The van der Waals surface area contributed by atoms with Crippen molar-refractivity contribution in [1.82, 2.24) is 9.88 Å². The first-order chi connectivity index (χ1) is 17.2. The van der Waals surface area contributed by atoms with Crippen LogP contribution >= 0.6 is 0 Å². The van der Waals surface area contributed by atoms with Crippen LogP contribution in [0, 0.1) is 6.92 Å². The van der Waals surface area contributed by atoms with Crippen LogP contribution in [-0.4, -0.2) is 34.3 Å². The van der Waals surface area contributed by atoms with E-state index in [1.165, 1.54) is 5.56 Å². The molecule has 2 aliphatic heterocycles. The molecule has 0 N–H and O–H groups in total. The number of benzene rings is 2. The number of esters is 1. The molecular weight excluding hydrogens is 438 g/mol. The lowest BCUT2D eigenvalue weighted by Gasteiger charge is -2.38. The van der Waals surface area contributed by atoms with E-state index in [1.54, 1.807) is 18.1 Å². The number of carbonyl (C=O) groups excluding carboxylic acids is 1. The van der Waals surface area contributed by atoms with E-state index in [1.807, 2.05) is 54.4 Å². The summed E-state index contributed by atoms with van der Waals surface area (Å²) in [6.07, 6.45) is 5.37. The average Bonchev–Trinajstić information content (AvgIpc) is 3.27. The molecule has 0 spiro atoms. The number of hydrogen-bond donors (Lipinski definition) is 0. The molecule has 1 aliphatic carbocycles. The number of guanidine groups is 1. The van der Waals surface area contributed by atoms with E-state index < -0.39 is 5.97 Å². The molecule has 0 saturated carbocycles. The number of ether oxygens (including phenoxy) is 1. The summed E-state index contributed by atoms with van der Waals surface area (Å²) >= 11 is 0. The fourth-order valence-corrected chi connectivity index (χ4v) is 5.09. The molecular formula is C28H25N5O2. The number of nitrogens with zero attached hydrogens (tertiary/aromatic N) is 5. The Bertz CT molecular complexity index is 1410. The van der Waals surface area contributed by atoms with Crippen molar-refractivity contribution in [3.05, 3.63) is 101 Å². The summed E-state index contributed by atoms with van der Waals surface area (Å²) in [6, 6.07) is 20.1. The van der Waals surface area contributed by atoms with Gasteiger partial charge >= 0.3 is 5.97 Å². The summed E-state index contributed by atoms with van der Waals surface area (Å²) in [5.41, 5.74) is 7.40. The van der Waals surface area contributed by atoms with Gasteiger partial charge in [0.05, 0.1) is 24.0 Å². The quantitative estimate of drug-likeness (QED) is 0.517. The van der Waals surface area contributed by atoms with Gasteiger partial charge in [0.1, 0.15) is 0 Å². The van der Waals surface area contributed by atoms with Gasteiger partial charge in [-0.15, -0.1) is 5.10 Å². The smallest absolute Gasteiger partial charge is 0.376 e.